The lowest BCUT2D eigenvalue weighted by molar-refractivity contribution is -0.529. The molecule has 1 saturated heterocycles. The third-order valence-electron chi connectivity index (χ3n) is 2.88. The second kappa shape index (κ2) is 4.71. The Hall–Kier alpha value is -1.62. The molecule has 1 aromatic rings. The van der Waals surface area contributed by atoms with Crippen LogP contribution < -0.4 is 5.32 Å². The normalized spacial score (nSPS) is 24.2. The minimum absolute atomic E-state index is 0.173. The maximum Gasteiger partial charge on any atom is 0.237 e. The molecule has 1 aliphatic rings. The number of carbonyl (C=O) groups is 1. The molecule has 1 fully saturated rings. The Bertz CT molecular complexity index is 464. The molecule has 1 aliphatic heterocycles. The van der Waals surface area contributed by atoms with Gasteiger partial charge in [0.25, 0.3) is 0 Å². The van der Waals surface area contributed by atoms with Crippen molar-refractivity contribution in [3.63, 3.8) is 0 Å². The van der Waals surface area contributed by atoms with Gasteiger partial charge in [-0.2, -0.15) is 0 Å². The van der Waals surface area contributed by atoms with Crippen LogP contribution in [0, 0.1) is 10.1 Å². The number of nitrogens with zero attached hydrogens (tertiary/aromatic N) is 1. The van der Waals surface area contributed by atoms with E-state index in [1.165, 1.54) is 0 Å². The molecule has 90 valence electrons. The van der Waals surface area contributed by atoms with Crippen LogP contribution in [0.15, 0.2) is 24.3 Å². The van der Waals surface area contributed by atoms with Crippen molar-refractivity contribution in [3.05, 3.63) is 45.0 Å². The first-order chi connectivity index (χ1) is 8.09. The third kappa shape index (κ3) is 2.39. The minimum atomic E-state index is -0.812. The molecule has 1 heterocycles. The second-order valence-electron chi connectivity index (χ2n) is 3.96. The summed E-state index contributed by atoms with van der Waals surface area (Å²) in [4.78, 5) is 22.0. The highest BCUT2D eigenvalue weighted by atomic mass is 35.5. The summed E-state index contributed by atoms with van der Waals surface area (Å²) in [6.07, 6.45) is 0.432. The smallest absolute Gasteiger partial charge is 0.237 e. The highest BCUT2D eigenvalue weighted by Crippen LogP contribution is 2.30. The average molecular weight is 255 g/mol. The van der Waals surface area contributed by atoms with E-state index in [-0.39, 0.29) is 23.7 Å². The number of carbonyl (C=O) groups excluding carboxylic acids is 1. The van der Waals surface area contributed by atoms with Crippen molar-refractivity contribution in [2.24, 2.45) is 0 Å². The lowest BCUT2D eigenvalue weighted by atomic mass is 9.92. The fraction of sp³-hybridized carbons (Fsp3) is 0.364. The van der Waals surface area contributed by atoms with Crippen LogP contribution in [0.5, 0.6) is 0 Å². The van der Waals surface area contributed by atoms with Gasteiger partial charge in [-0.25, -0.2) is 0 Å². The molecule has 0 spiro atoms. The summed E-state index contributed by atoms with van der Waals surface area (Å²) in [7, 11) is 0. The summed E-state index contributed by atoms with van der Waals surface area (Å²) in [5, 5.41) is 14.0. The number of halogens is 1. The van der Waals surface area contributed by atoms with Crippen molar-refractivity contribution in [2.75, 3.05) is 0 Å². The van der Waals surface area contributed by atoms with E-state index in [9.17, 15) is 14.9 Å². The molecule has 6 heteroatoms. The van der Waals surface area contributed by atoms with E-state index < -0.39 is 12.1 Å². The molecule has 0 aromatic heterocycles. The fourth-order valence-corrected chi connectivity index (χ4v) is 2.28. The Labute approximate surface area is 103 Å². The molecule has 0 bridgehead atoms. The number of hydrogen-bond acceptors (Lipinski definition) is 3. The molecule has 1 amide bonds. The van der Waals surface area contributed by atoms with Crippen molar-refractivity contribution >= 4 is 17.5 Å². The minimum Gasteiger partial charge on any atom is -0.343 e. The van der Waals surface area contributed by atoms with Crippen molar-refractivity contribution < 1.29 is 9.72 Å². The van der Waals surface area contributed by atoms with Crippen molar-refractivity contribution in [1.82, 2.24) is 5.32 Å². The Balaban J connectivity index is 2.35. The van der Waals surface area contributed by atoms with Gasteiger partial charge in [0.05, 0.1) is 0 Å². The molecule has 2 atom stereocenters. The first kappa shape index (κ1) is 11.9. The number of benzene rings is 1. The topological polar surface area (TPSA) is 72.2 Å². The molecule has 0 aliphatic carbocycles. The third-order valence-corrected chi connectivity index (χ3v) is 3.22. The highest BCUT2D eigenvalue weighted by Gasteiger charge is 2.38. The van der Waals surface area contributed by atoms with E-state index >= 15 is 0 Å². The van der Waals surface area contributed by atoms with Crippen LogP contribution in [0.2, 0.25) is 5.02 Å². The van der Waals surface area contributed by atoms with Crippen LogP contribution in [0.4, 0.5) is 0 Å². The summed E-state index contributed by atoms with van der Waals surface area (Å²) in [5.74, 6) is -0.173. The number of hydrogen-bond donors (Lipinski definition) is 1. The first-order valence-corrected chi connectivity index (χ1v) is 5.64. The van der Waals surface area contributed by atoms with Gasteiger partial charge in [0.15, 0.2) is 0 Å². The molecule has 1 aromatic carbocycles. The zero-order chi connectivity index (χ0) is 12.4. The van der Waals surface area contributed by atoms with Gasteiger partial charge in [-0.3, -0.25) is 14.9 Å². The van der Waals surface area contributed by atoms with E-state index in [1.54, 1.807) is 24.3 Å². The monoisotopic (exact) mass is 254 g/mol. The van der Waals surface area contributed by atoms with Crippen LogP contribution in [-0.4, -0.2) is 16.9 Å². The standard InChI is InChI=1S/C11H11ClN2O3/c12-8-4-2-1-3-7(8)11-9(14(16)17)5-6-10(15)13-11/h1-4,9,11H,5-6H2,(H,13,15)/t9-,11+/m0/s1. The molecule has 2 rings (SSSR count). The first-order valence-electron chi connectivity index (χ1n) is 5.27. The number of nitrogens with one attached hydrogen (secondary N) is 1. The van der Waals surface area contributed by atoms with E-state index in [0.717, 1.165) is 0 Å². The number of piperidine rings is 1. The van der Waals surface area contributed by atoms with Crippen molar-refractivity contribution in [2.45, 2.75) is 24.9 Å². The van der Waals surface area contributed by atoms with E-state index in [2.05, 4.69) is 5.32 Å². The van der Waals surface area contributed by atoms with Crippen molar-refractivity contribution in [1.29, 1.82) is 0 Å². The van der Waals surface area contributed by atoms with Gasteiger partial charge in [0, 0.05) is 22.8 Å². The van der Waals surface area contributed by atoms with Crippen LogP contribution in [0.25, 0.3) is 0 Å². The van der Waals surface area contributed by atoms with Crippen LogP contribution in [0.1, 0.15) is 24.4 Å². The quantitative estimate of drug-likeness (QED) is 0.647. The van der Waals surface area contributed by atoms with E-state index in [4.69, 9.17) is 11.6 Å². The Morgan fingerprint density at radius 2 is 2.12 bits per heavy atom. The highest BCUT2D eigenvalue weighted by molar-refractivity contribution is 6.31. The zero-order valence-corrected chi connectivity index (χ0v) is 9.68. The number of rotatable bonds is 2. The van der Waals surface area contributed by atoms with Gasteiger partial charge in [-0.15, -0.1) is 0 Å². The molecule has 5 nitrogen and oxygen atoms in total. The summed E-state index contributed by atoms with van der Waals surface area (Å²) in [6.45, 7) is 0. The molecule has 0 radical (unpaired) electrons. The molecule has 1 N–H and O–H groups in total. The molecule has 0 unspecified atom stereocenters. The summed E-state index contributed by atoms with van der Waals surface area (Å²) in [6, 6.07) is 5.41. The van der Waals surface area contributed by atoms with Gasteiger partial charge in [-0.1, -0.05) is 29.8 Å². The molecular weight excluding hydrogens is 244 g/mol. The number of amides is 1. The van der Waals surface area contributed by atoms with Crippen LogP contribution in [-0.2, 0) is 4.79 Å². The predicted octanol–water partition coefficient (Wildman–Crippen LogP) is 1.94. The van der Waals surface area contributed by atoms with Gasteiger partial charge in [0.2, 0.25) is 11.9 Å². The average Bonchev–Trinajstić information content (AvgIpc) is 2.29. The fourth-order valence-electron chi connectivity index (χ4n) is 2.03. The van der Waals surface area contributed by atoms with E-state index in [0.29, 0.717) is 10.6 Å². The molecule has 17 heavy (non-hydrogen) atoms. The Morgan fingerprint density at radius 1 is 1.41 bits per heavy atom. The Kier molecular flexibility index (Phi) is 3.28. The lowest BCUT2D eigenvalue weighted by Gasteiger charge is -2.27. The predicted molar refractivity (Wildman–Crippen MR) is 62.4 cm³/mol. The maximum atomic E-state index is 11.3. The zero-order valence-electron chi connectivity index (χ0n) is 8.93. The van der Waals surface area contributed by atoms with Gasteiger partial charge in [0.1, 0.15) is 6.04 Å². The largest absolute Gasteiger partial charge is 0.343 e. The van der Waals surface area contributed by atoms with Crippen LogP contribution in [0.3, 0.4) is 0 Å². The Morgan fingerprint density at radius 3 is 2.76 bits per heavy atom. The van der Waals surface area contributed by atoms with Gasteiger partial charge in [-0.05, 0) is 11.6 Å². The SMILES string of the molecule is O=C1CC[C@H]([N+](=O)[O-])[C@@H](c2ccccc2Cl)N1. The summed E-state index contributed by atoms with van der Waals surface area (Å²) >= 11 is 6.00. The summed E-state index contributed by atoms with van der Waals surface area (Å²) < 4.78 is 0. The maximum absolute atomic E-state index is 11.3. The second-order valence-corrected chi connectivity index (χ2v) is 4.37. The van der Waals surface area contributed by atoms with Gasteiger partial charge < -0.3 is 5.32 Å². The number of nitro groups is 1. The van der Waals surface area contributed by atoms with E-state index in [1.807, 2.05) is 0 Å². The van der Waals surface area contributed by atoms with Gasteiger partial charge >= 0.3 is 0 Å². The molecular formula is C11H11ClN2O3. The lowest BCUT2D eigenvalue weighted by Crippen LogP contribution is -2.45. The van der Waals surface area contributed by atoms with Crippen LogP contribution >= 0.6 is 11.6 Å². The molecule has 0 saturated carbocycles. The summed E-state index contributed by atoms with van der Waals surface area (Å²) in [5.41, 5.74) is 0.601. The van der Waals surface area contributed by atoms with Crippen molar-refractivity contribution in [3.8, 4) is 0 Å².